The molecule has 0 aliphatic heterocycles. The molecule has 0 radical (unpaired) electrons. The number of ketones is 1. The van der Waals surface area contributed by atoms with Gasteiger partial charge in [0.2, 0.25) is 0 Å². The number of carbonyl (C=O) groups is 1. The lowest BCUT2D eigenvalue weighted by molar-refractivity contribution is -0.121. The number of hydrogen-bond acceptors (Lipinski definition) is 1. The zero-order valence-electron chi connectivity index (χ0n) is 8.16. The molecule has 0 aromatic heterocycles. The molecule has 0 aliphatic rings. The minimum Gasteiger partial charge on any atom is -0.297 e. The molecule has 74 valence electrons. The highest BCUT2D eigenvalue weighted by atomic mass is 19.1. The van der Waals surface area contributed by atoms with Crippen LogP contribution in [-0.2, 0) is 4.79 Å². The number of benzene rings is 1. The van der Waals surface area contributed by atoms with Gasteiger partial charge in [-0.3, -0.25) is 4.79 Å². The van der Waals surface area contributed by atoms with E-state index in [9.17, 15) is 9.18 Å². The molecule has 14 heavy (non-hydrogen) atoms. The fourth-order valence-corrected chi connectivity index (χ4v) is 1.15. The molecule has 0 unspecified atom stereocenters. The van der Waals surface area contributed by atoms with Gasteiger partial charge in [0.25, 0.3) is 0 Å². The fraction of sp³-hybridized carbons (Fsp3) is 0.250. The van der Waals surface area contributed by atoms with Gasteiger partial charge >= 0.3 is 0 Å². The fourth-order valence-electron chi connectivity index (χ4n) is 1.15. The van der Waals surface area contributed by atoms with E-state index in [2.05, 4.69) is 6.58 Å². The largest absolute Gasteiger partial charge is 0.297 e. The predicted octanol–water partition coefficient (Wildman–Crippen LogP) is 3.02. The van der Waals surface area contributed by atoms with E-state index in [0.29, 0.717) is 5.57 Å². The third-order valence-electron chi connectivity index (χ3n) is 2.05. The minimum absolute atomic E-state index is 0.0827. The van der Waals surface area contributed by atoms with Crippen LogP contribution < -0.4 is 0 Å². The van der Waals surface area contributed by atoms with E-state index >= 15 is 0 Å². The van der Waals surface area contributed by atoms with E-state index in [1.165, 1.54) is 6.92 Å². The zero-order chi connectivity index (χ0) is 10.6. The third kappa shape index (κ3) is 2.80. The Kier molecular flexibility index (Phi) is 3.57. The molecule has 0 fully saturated rings. The molecule has 1 aromatic rings. The second-order valence-corrected chi connectivity index (χ2v) is 3.25. The summed E-state index contributed by atoms with van der Waals surface area (Å²) in [5.74, 6) is -0.443. The van der Waals surface area contributed by atoms with E-state index < -0.39 is 12.0 Å². The van der Waals surface area contributed by atoms with Crippen molar-refractivity contribution in [2.75, 3.05) is 0 Å². The van der Waals surface area contributed by atoms with E-state index in [1.807, 2.05) is 30.3 Å². The summed E-state index contributed by atoms with van der Waals surface area (Å²) >= 11 is 0. The van der Waals surface area contributed by atoms with Crippen molar-refractivity contribution < 1.29 is 9.18 Å². The molecule has 0 spiro atoms. The lowest BCUT2D eigenvalue weighted by Gasteiger charge is -2.07. The van der Waals surface area contributed by atoms with E-state index in [0.717, 1.165) is 5.56 Å². The maximum absolute atomic E-state index is 13.1. The highest BCUT2D eigenvalue weighted by Gasteiger charge is 2.13. The summed E-state index contributed by atoms with van der Waals surface area (Å²) in [6.45, 7) is 5.01. The first-order chi connectivity index (χ1) is 6.61. The van der Waals surface area contributed by atoms with Gasteiger partial charge in [0, 0.05) is 6.42 Å². The van der Waals surface area contributed by atoms with Crippen LogP contribution in [0.25, 0.3) is 5.57 Å². The van der Waals surface area contributed by atoms with Crippen molar-refractivity contribution in [1.29, 1.82) is 0 Å². The number of allylic oxidation sites excluding steroid dienone is 1. The Hall–Kier alpha value is -1.44. The van der Waals surface area contributed by atoms with Gasteiger partial charge in [-0.05, 0) is 18.1 Å². The summed E-state index contributed by atoms with van der Waals surface area (Å²) in [5, 5.41) is 0. The van der Waals surface area contributed by atoms with Crippen LogP contribution in [0.4, 0.5) is 4.39 Å². The second-order valence-electron chi connectivity index (χ2n) is 3.25. The van der Waals surface area contributed by atoms with Crippen molar-refractivity contribution in [3.8, 4) is 0 Å². The number of halogens is 1. The van der Waals surface area contributed by atoms with Gasteiger partial charge < -0.3 is 0 Å². The van der Waals surface area contributed by atoms with Crippen LogP contribution in [0.5, 0.6) is 0 Å². The van der Waals surface area contributed by atoms with Gasteiger partial charge in [-0.1, -0.05) is 36.9 Å². The molecule has 0 heterocycles. The van der Waals surface area contributed by atoms with E-state index in [-0.39, 0.29) is 6.42 Å². The van der Waals surface area contributed by atoms with Crippen LogP contribution in [0.3, 0.4) is 0 Å². The SMILES string of the molecule is C=C(C[C@H](F)C(C)=O)c1ccccc1. The molecule has 0 bridgehead atoms. The maximum atomic E-state index is 13.1. The van der Waals surface area contributed by atoms with Gasteiger partial charge in [-0.2, -0.15) is 0 Å². The molecule has 1 atom stereocenters. The lowest BCUT2D eigenvalue weighted by Crippen LogP contribution is -2.11. The molecule has 0 aliphatic carbocycles. The van der Waals surface area contributed by atoms with Crippen LogP contribution in [-0.4, -0.2) is 12.0 Å². The first-order valence-corrected chi connectivity index (χ1v) is 4.49. The Morgan fingerprint density at radius 2 is 2.00 bits per heavy atom. The number of rotatable bonds is 4. The van der Waals surface area contributed by atoms with Crippen LogP contribution >= 0.6 is 0 Å². The third-order valence-corrected chi connectivity index (χ3v) is 2.05. The van der Waals surface area contributed by atoms with Crippen molar-refractivity contribution >= 4 is 11.4 Å². The first kappa shape index (κ1) is 10.6. The van der Waals surface area contributed by atoms with Gasteiger partial charge in [-0.25, -0.2) is 4.39 Å². The normalized spacial score (nSPS) is 12.1. The van der Waals surface area contributed by atoms with E-state index in [1.54, 1.807) is 0 Å². The summed E-state index contributed by atoms with van der Waals surface area (Å²) in [4.78, 5) is 10.7. The smallest absolute Gasteiger partial charge is 0.164 e. The topological polar surface area (TPSA) is 17.1 Å². The summed E-state index contributed by atoms with van der Waals surface area (Å²) < 4.78 is 13.1. The molecule has 2 heteroatoms. The standard InChI is InChI=1S/C12H13FO/c1-9(8-12(13)10(2)14)11-6-4-3-5-7-11/h3-7,12H,1,8H2,2H3/t12-/m0/s1. The van der Waals surface area contributed by atoms with Gasteiger partial charge in [-0.15, -0.1) is 0 Å². The molecule has 0 saturated heterocycles. The molecule has 1 nitrogen and oxygen atoms in total. The molecule has 1 rings (SSSR count). The lowest BCUT2D eigenvalue weighted by atomic mass is 10.0. The maximum Gasteiger partial charge on any atom is 0.164 e. The number of hydrogen-bond donors (Lipinski definition) is 0. The average Bonchev–Trinajstić information content (AvgIpc) is 2.19. The average molecular weight is 192 g/mol. The Morgan fingerprint density at radius 1 is 1.43 bits per heavy atom. The monoisotopic (exact) mass is 192 g/mol. The van der Waals surface area contributed by atoms with Gasteiger partial charge in [0.05, 0.1) is 0 Å². The van der Waals surface area contributed by atoms with Crippen LogP contribution in [0.15, 0.2) is 36.9 Å². The van der Waals surface area contributed by atoms with Gasteiger partial charge in [0.1, 0.15) is 0 Å². The van der Waals surface area contributed by atoms with Crippen molar-refractivity contribution in [2.45, 2.75) is 19.5 Å². The summed E-state index contributed by atoms with van der Waals surface area (Å²) in [7, 11) is 0. The Bertz CT molecular complexity index is 329. The molecule has 0 amide bonds. The summed E-state index contributed by atoms with van der Waals surface area (Å²) in [6.07, 6.45) is -1.35. The van der Waals surface area contributed by atoms with E-state index in [4.69, 9.17) is 0 Å². The molecule has 0 N–H and O–H groups in total. The van der Waals surface area contributed by atoms with Crippen molar-refractivity contribution in [1.82, 2.24) is 0 Å². The quantitative estimate of drug-likeness (QED) is 0.716. The molecular formula is C12H13FO. The van der Waals surface area contributed by atoms with Crippen LogP contribution in [0.1, 0.15) is 18.9 Å². The van der Waals surface area contributed by atoms with Crippen molar-refractivity contribution in [3.05, 3.63) is 42.5 Å². The van der Waals surface area contributed by atoms with Crippen LogP contribution in [0, 0.1) is 0 Å². The highest BCUT2D eigenvalue weighted by molar-refractivity contribution is 5.82. The zero-order valence-corrected chi connectivity index (χ0v) is 8.16. The number of Topliss-reactive ketones (excluding diaryl/α,β-unsaturated/α-hetero) is 1. The predicted molar refractivity (Wildman–Crippen MR) is 55.7 cm³/mol. The number of alkyl halides is 1. The Labute approximate surface area is 83.3 Å². The van der Waals surface area contributed by atoms with Gasteiger partial charge in [0.15, 0.2) is 12.0 Å². The molecular weight excluding hydrogens is 179 g/mol. The Morgan fingerprint density at radius 3 is 2.50 bits per heavy atom. The number of carbonyl (C=O) groups excluding carboxylic acids is 1. The summed E-state index contributed by atoms with van der Waals surface area (Å²) in [5.41, 5.74) is 1.55. The Balaban J connectivity index is 2.64. The van der Waals surface area contributed by atoms with Crippen LogP contribution in [0.2, 0.25) is 0 Å². The highest BCUT2D eigenvalue weighted by Crippen LogP contribution is 2.19. The van der Waals surface area contributed by atoms with Crippen molar-refractivity contribution in [2.24, 2.45) is 0 Å². The first-order valence-electron chi connectivity index (χ1n) is 4.49. The second kappa shape index (κ2) is 4.70. The van der Waals surface area contributed by atoms with Crippen molar-refractivity contribution in [3.63, 3.8) is 0 Å². The molecule has 0 saturated carbocycles. The summed E-state index contributed by atoms with van der Waals surface area (Å²) in [6, 6.07) is 9.32. The molecule has 1 aromatic carbocycles. The minimum atomic E-state index is -1.43.